The number of ketones is 1. The van der Waals surface area contributed by atoms with Crippen molar-refractivity contribution >= 4 is 11.7 Å². The first-order valence-corrected chi connectivity index (χ1v) is 9.57. The summed E-state index contributed by atoms with van der Waals surface area (Å²) < 4.78 is 5.51. The van der Waals surface area contributed by atoms with Crippen LogP contribution in [0, 0.1) is 6.92 Å². The molecule has 142 valence electrons. The van der Waals surface area contributed by atoms with Crippen molar-refractivity contribution < 1.29 is 14.3 Å². The van der Waals surface area contributed by atoms with Gasteiger partial charge in [0.2, 0.25) is 5.91 Å². The lowest BCUT2D eigenvalue weighted by atomic mass is 10.0. The van der Waals surface area contributed by atoms with E-state index < -0.39 is 0 Å². The Hall–Kier alpha value is -2.69. The maximum absolute atomic E-state index is 12.7. The molecule has 1 amide bonds. The van der Waals surface area contributed by atoms with Gasteiger partial charge in [0.1, 0.15) is 5.75 Å². The molecule has 0 saturated carbocycles. The summed E-state index contributed by atoms with van der Waals surface area (Å²) in [6, 6.07) is 11.3. The molecule has 5 heteroatoms. The summed E-state index contributed by atoms with van der Waals surface area (Å²) in [5, 5.41) is 0. The molecule has 0 unspecified atom stereocenters. The number of aryl methyl sites for hydroxylation is 1. The highest BCUT2D eigenvalue weighted by atomic mass is 16.5. The monoisotopic (exact) mass is 366 g/mol. The van der Waals surface area contributed by atoms with E-state index in [9.17, 15) is 9.59 Å². The van der Waals surface area contributed by atoms with E-state index in [1.165, 1.54) is 0 Å². The second-order valence-corrected chi connectivity index (χ2v) is 6.84. The van der Waals surface area contributed by atoms with Crippen molar-refractivity contribution in [2.75, 3.05) is 13.2 Å². The summed E-state index contributed by atoms with van der Waals surface area (Å²) >= 11 is 0. The van der Waals surface area contributed by atoms with Crippen LogP contribution in [-0.2, 0) is 4.79 Å². The van der Waals surface area contributed by atoms with E-state index in [-0.39, 0.29) is 30.6 Å². The maximum atomic E-state index is 12.7. The Morgan fingerprint density at radius 1 is 1.22 bits per heavy atom. The Morgan fingerprint density at radius 3 is 2.78 bits per heavy atom. The number of hydrogen-bond donors (Lipinski definition) is 0. The van der Waals surface area contributed by atoms with Crippen molar-refractivity contribution in [2.24, 2.45) is 0 Å². The van der Waals surface area contributed by atoms with E-state index in [1.54, 1.807) is 12.3 Å². The van der Waals surface area contributed by atoms with Gasteiger partial charge in [-0.1, -0.05) is 6.07 Å². The summed E-state index contributed by atoms with van der Waals surface area (Å²) in [7, 11) is 0. The lowest BCUT2D eigenvalue weighted by molar-refractivity contribution is -0.132. The number of ether oxygens (including phenoxy) is 1. The number of carbonyl (C=O) groups is 2. The number of Topliss-reactive ketones (excluding diaryl/α,β-unsaturated/α-hetero) is 1. The van der Waals surface area contributed by atoms with Crippen molar-refractivity contribution in [1.29, 1.82) is 0 Å². The summed E-state index contributed by atoms with van der Waals surface area (Å²) in [4.78, 5) is 31.5. The molecule has 2 heterocycles. The zero-order chi connectivity index (χ0) is 19.2. The Kier molecular flexibility index (Phi) is 6.22. The van der Waals surface area contributed by atoms with Crippen molar-refractivity contribution in [3.8, 4) is 5.75 Å². The fraction of sp³-hybridized carbons (Fsp3) is 0.409. The van der Waals surface area contributed by atoms with Crippen LogP contribution in [0.2, 0.25) is 0 Å². The highest BCUT2D eigenvalue weighted by Crippen LogP contribution is 2.31. The first-order chi connectivity index (χ1) is 13.1. The normalized spacial score (nSPS) is 16.4. The van der Waals surface area contributed by atoms with Crippen molar-refractivity contribution in [3.63, 3.8) is 0 Å². The summed E-state index contributed by atoms with van der Waals surface area (Å²) in [6.07, 6.45) is 4.11. The molecule has 1 aliphatic heterocycles. The van der Waals surface area contributed by atoms with Gasteiger partial charge in [0, 0.05) is 31.1 Å². The topological polar surface area (TPSA) is 59.5 Å². The molecule has 1 aliphatic rings. The maximum Gasteiger partial charge on any atom is 0.223 e. The molecule has 1 fully saturated rings. The van der Waals surface area contributed by atoms with Crippen LogP contribution in [0.4, 0.5) is 0 Å². The van der Waals surface area contributed by atoms with Gasteiger partial charge in [-0.2, -0.15) is 0 Å². The Morgan fingerprint density at radius 2 is 2.07 bits per heavy atom. The van der Waals surface area contributed by atoms with E-state index in [0.29, 0.717) is 12.2 Å². The molecule has 1 atom stereocenters. The predicted octanol–water partition coefficient (Wildman–Crippen LogP) is 4.12. The van der Waals surface area contributed by atoms with Crippen LogP contribution in [0.5, 0.6) is 5.75 Å². The molecule has 0 bridgehead atoms. The molecule has 0 spiro atoms. The highest BCUT2D eigenvalue weighted by Gasteiger charge is 2.30. The SMILES string of the molecule is CCOc1ccc(C(=O)CCC(=O)N2CCC[C@H]2c2ccccn2)cc1C. The number of nitrogens with zero attached hydrogens (tertiary/aromatic N) is 2. The highest BCUT2D eigenvalue weighted by molar-refractivity contribution is 5.98. The van der Waals surface area contributed by atoms with Gasteiger partial charge < -0.3 is 9.64 Å². The number of pyridine rings is 1. The summed E-state index contributed by atoms with van der Waals surface area (Å²) in [6.45, 7) is 5.18. The van der Waals surface area contributed by atoms with Crippen LogP contribution in [0.3, 0.4) is 0 Å². The number of carbonyl (C=O) groups excluding carboxylic acids is 2. The molecule has 0 radical (unpaired) electrons. The third-order valence-corrected chi connectivity index (χ3v) is 4.97. The van der Waals surface area contributed by atoms with Gasteiger partial charge >= 0.3 is 0 Å². The van der Waals surface area contributed by atoms with Crippen molar-refractivity contribution in [1.82, 2.24) is 9.88 Å². The minimum absolute atomic E-state index is 0.0110. The summed E-state index contributed by atoms with van der Waals surface area (Å²) in [5.74, 6) is 0.808. The smallest absolute Gasteiger partial charge is 0.223 e. The third kappa shape index (κ3) is 4.54. The Balaban J connectivity index is 1.60. The first-order valence-electron chi connectivity index (χ1n) is 9.57. The molecule has 3 rings (SSSR count). The number of amides is 1. The zero-order valence-electron chi connectivity index (χ0n) is 16.0. The van der Waals surface area contributed by atoms with Crippen LogP contribution >= 0.6 is 0 Å². The number of likely N-dealkylation sites (tertiary alicyclic amines) is 1. The second kappa shape index (κ2) is 8.80. The molecule has 27 heavy (non-hydrogen) atoms. The molecule has 1 aromatic heterocycles. The van der Waals surface area contributed by atoms with Gasteiger partial charge in [-0.3, -0.25) is 14.6 Å². The Labute approximate surface area is 160 Å². The fourth-order valence-electron chi connectivity index (χ4n) is 3.59. The number of aromatic nitrogens is 1. The average molecular weight is 366 g/mol. The van der Waals surface area contributed by atoms with Gasteiger partial charge in [0.05, 0.1) is 18.3 Å². The molecule has 0 aliphatic carbocycles. The average Bonchev–Trinajstić information content (AvgIpc) is 3.18. The molecular weight excluding hydrogens is 340 g/mol. The summed E-state index contributed by atoms with van der Waals surface area (Å²) in [5.41, 5.74) is 2.49. The van der Waals surface area contributed by atoms with Crippen molar-refractivity contribution in [3.05, 3.63) is 59.4 Å². The minimum atomic E-state index is -0.0110. The Bertz CT molecular complexity index is 804. The van der Waals surface area contributed by atoms with Crippen LogP contribution in [-0.4, -0.2) is 34.7 Å². The largest absolute Gasteiger partial charge is 0.494 e. The van der Waals surface area contributed by atoms with E-state index in [0.717, 1.165) is 36.4 Å². The first kappa shape index (κ1) is 19.1. The second-order valence-electron chi connectivity index (χ2n) is 6.84. The lowest BCUT2D eigenvalue weighted by Crippen LogP contribution is -2.31. The van der Waals surface area contributed by atoms with E-state index in [2.05, 4.69) is 4.98 Å². The van der Waals surface area contributed by atoms with Gasteiger partial charge in [0.15, 0.2) is 5.78 Å². The molecular formula is C22H26N2O3. The van der Waals surface area contributed by atoms with Crippen LogP contribution in [0.25, 0.3) is 0 Å². The number of rotatable bonds is 7. The van der Waals surface area contributed by atoms with Crippen LogP contribution < -0.4 is 4.74 Å². The molecule has 0 N–H and O–H groups in total. The van der Waals surface area contributed by atoms with Gasteiger partial charge in [-0.15, -0.1) is 0 Å². The standard InChI is InChI=1S/C22H26N2O3/c1-3-27-21-11-9-17(15-16(21)2)20(25)10-12-22(26)24-14-6-8-19(24)18-7-4-5-13-23-18/h4-5,7,9,11,13,15,19H,3,6,8,10,12,14H2,1-2H3/t19-/m0/s1. The predicted molar refractivity (Wildman–Crippen MR) is 104 cm³/mol. The van der Waals surface area contributed by atoms with Crippen molar-refractivity contribution in [2.45, 2.75) is 45.6 Å². The molecule has 5 nitrogen and oxygen atoms in total. The fourth-order valence-corrected chi connectivity index (χ4v) is 3.59. The zero-order valence-corrected chi connectivity index (χ0v) is 16.0. The molecule has 1 saturated heterocycles. The van der Waals surface area contributed by atoms with Gasteiger partial charge in [-0.25, -0.2) is 0 Å². The van der Waals surface area contributed by atoms with E-state index in [1.807, 2.05) is 49.1 Å². The van der Waals surface area contributed by atoms with Crippen LogP contribution in [0.1, 0.15) is 60.3 Å². The van der Waals surface area contributed by atoms with E-state index >= 15 is 0 Å². The molecule has 2 aromatic rings. The van der Waals surface area contributed by atoms with Gasteiger partial charge in [0.25, 0.3) is 0 Å². The third-order valence-electron chi connectivity index (χ3n) is 4.97. The van der Waals surface area contributed by atoms with Crippen LogP contribution in [0.15, 0.2) is 42.6 Å². The number of benzene rings is 1. The number of hydrogen-bond acceptors (Lipinski definition) is 4. The minimum Gasteiger partial charge on any atom is -0.494 e. The molecule has 1 aromatic carbocycles. The van der Waals surface area contributed by atoms with E-state index in [4.69, 9.17) is 4.74 Å². The lowest BCUT2D eigenvalue weighted by Gasteiger charge is -2.24. The quantitative estimate of drug-likeness (QED) is 0.692. The van der Waals surface area contributed by atoms with Gasteiger partial charge in [-0.05, 0) is 62.6 Å².